The second-order valence-electron chi connectivity index (χ2n) is 0.692. The van der Waals surface area contributed by atoms with E-state index >= 15 is 0 Å². The first-order chi connectivity index (χ1) is 3.73. The van der Waals surface area contributed by atoms with Crippen LogP contribution in [-0.2, 0) is 4.57 Å². The molecule has 8 nitrogen and oxygen atoms in total. The van der Waals surface area contributed by atoms with E-state index in [-0.39, 0.29) is 89.1 Å². The number of phosphoric acid groups is 1. The fourth-order valence-corrected chi connectivity index (χ4v) is 0. The Morgan fingerprint density at radius 2 is 1.27 bits per heavy atom. The molecule has 11 heavy (non-hydrogen) atoms. The Morgan fingerprint density at radius 1 is 1.27 bits per heavy atom. The molecular weight excluding hydrogens is 236 g/mol. The molecule has 0 atom stereocenters. The average Bonchev–Trinajstić information content (AvgIpc) is 1.19. The number of hydrogen-bond donors (Lipinski definition) is 1. The summed E-state index contributed by atoms with van der Waals surface area (Å²) in [7, 11) is -5.14. The van der Waals surface area contributed by atoms with Gasteiger partial charge in [0.25, 0.3) is 0 Å². The molecule has 0 aromatic carbocycles. The molecule has 0 saturated heterocycles. The minimum Gasteiger partial charge on any atom is -0.790 e. The van der Waals surface area contributed by atoms with E-state index in [1.807, 2.05) is 0 Å². The Hall–Kier alpha value is 2.21. The van der Waals surface area contributed by atoms with Crippen molar-refractivity contribution in [3.05, 3.63) is 15.3 Å². The third-order valence-corrected chi connectivity index (χ3v) is 0. The molecule has 0 rings (SSSR count). The van der Waals surface area contributed by atoms with Gasteiger partial charge in [-0.15, -0.1) is 0 Å². The number of nitrogens with zero attached hydrogens (tertiary/aromatic N) is 1. The van der Waals surface area contributed by atoms with Crippen LogP contribution >= 0.6 is 7.82 Å². The van der Waals surface area contributed by atoms with Crippen molar-refractivity contribution in [1.82, 2.24) is 0 Å². The average molecular weight is 237 g/mol. The molecule has 1 N–H and O–H groups in total. The van der Waals surface area contributed by atoms with E-state index in [9.17, 15) is 0 Å². The summed E-state index contributed by atoms with van der Waals surface area (Å²) in [6.45, 7) is 0. The summed E-state index contributed by atoms with van der Waals surface area (Å²) in [4.78, 5) is 32.5. The van der Waals surface area contributed by atoms with Gasteiger partial charge in [-0.25, -0.2) is 0 Å². The van der Waals surface area contributed by atoms with Crippen molar-refractivity contribution in [3.63, 3.8) is 0 Å². The Kier molecular flexibility index (Phi) is 25.8. The maximum atomic E-state index is 8.66. The Balaban J connectivity index is -0.0000000383. The smallest absolute Gasteiger partial charge is 0.790 e. The minimum atomic E-state index is -5.14. The van der Waals surface area contributed by atoms with E-state index in [1.54, 1.807) is 0 Å². The normalized spacial score (nSPS) is 7.55. The van der Waals surface area contributed by atoms with Gasteiger partial charge in [0.1, 0.15) is 0 Å². The molecule has 56 valence electrons. The Bertz CT molecular complexity index is 118. The van der Waals surface area contributed by atoms with E-state index in [2.05, 4.69) is 0 Å². The molecule has 0 spiro atoms. The van der Waals surface area contributed by atoms with Gasteiger partial charge in [-0.1, -0.05) is 0 Å². The molecule has 0 aliphatic heterocycles. The zero-order valence-corrected chi connectivity index (χ0v) is 11.7. The summed E-state index contributed by atoms with van der Waals surface area (Å²) in [5.74, 6) is 0. The second-order valence-corrected chi connectivity index (χ2v) is 1.63. The minimum absolute atomic E-state index is 0. The van der Waals surface area contributed by atoms with Crippen LogP contribution in [0.4, 0.5) is 0 Å². The van der Waals surface area contributed by atoms with Crippen LogP contribution in [-0.4, -0.2) is 47.7 Å². The zero-order chi connectivity index (χ0) is 8.08. The Labute approximate surface area is 134 Å². The van der Waals surface area contributed by atoms with Gasteiger partial charge in [0.05, 0.1) is 12.9 Å². The van der Waals surface area contributed by atoms with E-state index in [0.29, 0.717) is 0 Å². The molecule has 0 fully saturated rings. The largest absolute Gasteiger partial charge is 2.00 e. The van der Waals surface area contributed by atoms with Gasteiger partial charge in [0.15, 0.2) is 0 Å². The summed E-state index contributed by atoms with van der Waals surface area (Å²) in [6.07, 6.45) is 0. The molecule has 0 aliphatic rings. The molecule has 0 radical (unpaired) electrons. The van der Waals surface area contributed by atoms with Gasteiger partial charge in [0.2, 0.25) is 0 Å². The zero-order valence-electron chi connectivity index (χ0n) is 5.50. The molecule has 0 amide bonds. The van der Waals surface area contributed by atoms with E-state index < -0.39 is 12.9 Å². The second kappa shape index (κ2) is 12.2. The van der Waals surface area contributed by atoms with Crippen LogP contribution in [0.2, 0.25) is 0 Å². The Morgan fingerprint density at radius 3 is 1.27 bits per heavy atom. The molecule has 0 bridgehead atoms. The van der Waals surface area contributed by atoms with Crippen LogP contribution in [0.15, 0.2) is 0 Å². The summed E-state index contributed by atoms with van der Waals surface area (Å²) >= 11 is 0. The van der Waals surface area contributed by atoms with Gasteiger partial charge in [-0.05, 0) is 0 Å². The molecule has 11 heteroatoms. The van der Waals surface area contributed by atoms with E-state index in [0.717, 1.165) is 0 Å². The van der Waals surface area contributed by atoms with Gasteiger partial charge in [-0.2, -0.15) is 0 Å². The predicted octanol–water partition coefficient (Wildman–Crippen LogP) is -5.81. The quantitative estimate of drug-likeness (QED) is 0.191. The first-order valence-electron chi connectivity index (χ1n) is 1.30. The topological polar surface area (TPSA) is 150 Å². The third kappa shape index (κ3) is 261. The van der Waals surface area contributed by atoms with Crippen molar-refractivity contribution in [3.8, 4) is 0 Å². The first-order valence-corrected chi connectivity index (χ1v) is 2.79. The molecule has 0 unspecified atom stereocenters. The molecule has 0 aromatic rings. The van der Waals surface area contributed by atoms with Gasteiger partial charge < -0.3 is 34.6 Å². The van der Waals surface area contributed by atoms with Crippen molar-refractivity contribution in [2.75, 3.05) is 0 Å². The van der Waals surface area contributed by atoms with Gasteiger partial charge >= 0.3 is 89.1 Å². The fraction of sp³-hybridized carbons (Fsp3) is 0. The molecule has 0 heterocycles. The standard InChI is InChI=1S/Ca.K.NO3.H3O4P/c;;2-1(3)4;1-5(2,3)4/h;;;(H3,1,2,3,4)/q+2;+1;-1;/p-2. The fourth-order valence-electron chi connectivity index (χ4n) is 0. The van der Waals surface area contributed by atoms with E-state index in [1.165, 1.54) is 0 Å². The summed E-state index contributed by atoms with van der Waals surface area (Å²) in [5, 5.41) is 14.8. The number of hydrogen-bond acceptors (Lipinski definition) is 6. The molecule has 0 aromatic heterocycles. The van der Waals surface area contributed by atoms with Crippen LogP contribution in [0.5, 0.6) is 0 Å². The van der Waals surface area contributed by atoms with Gasteiger partial charge in [-0.3, -0.25) is 0 Å². The van der Waals surface area contributed by atoms with Crippen LogP contribution < -0.4 is 61.2 Å². The molecule has 0 saturated carbocycles. The molecular formula is HCaKNO7P. The SMILES string of the molecule is O=P([O-])([O-])O.O=[N+]([O-])[O-].[Ca+2].[K+]. The van der Waals surface area contributed by atoms with Crippen molar-refractivity contribution >= 4 is 45.6 Å². The maximum absolute atomic E-state index is 8.66. The number of rotatable bonds is 0. The van der Waals surface area contributed by atoms with Crippen molar-refractivity contribution < 1.29 is 75.7 Å². The van der Waals surface area contributed by atoms with Gasteiger partial charge in [0, 0.05) is 0 Å². The van der Waals surface area contributed by atoms with Crippen LogP contribution in [0.25, 0.3) is 0 Å². The maximum Gasteiger partial charge on any atom is 2.00 e. The summed E-state index contributed by atoms with van der Waals surface area (Å²) < 4.78 is 8.66. The van der Waals surface area contributed by atoms with Crippen LogP contribution in [0, 0.1) is 15.3 Å². The predicted molar refractivity (Wildman–Crippen MR) is 25.9 cm³/mol. The monoisotopic (exact) mass is 237 g/mol. The first kappa shape index (κ1) is 23.2. The molecule has 0 aliphatic carbocycles. The van der Waals surface area contributed by atoms with Crippen molar-refractivity contribution in [2.45, 2.75) is 0 Å². The van der Waals surface area contributed by atoms with Crippen LogP contribution in [0.1, 0.15) is 0 Å². The summed E-state index contributed by atoms with van der Waals surface area (Å²) in [6, 6.07) is 0. The van der Waals surface area contributed by atoms with Crippen molar-refractivity contribution in [1.29, 1.82) is 0 Å². The third-order valence-electron chi connectivity index (χ3n) is 0. The van der Waals surface area contributed by atoms with E-state index in [4.69, 9.17) is 34.6 Å². The summed E-state index contributed by atoms with van der Waals surface area (Å²) in [5.41, 5.74) is 0. The van der Waals surface area contributed by atoms with Crippen molar-refractivity contribution in [2.24, 2.45) is 0 Å². The van der Waals surface area contributed by atoms with Crippen LogP contribution in [0.3, 0.4) is 0 Å².